The summed E-state index contributed by atoms with van der Waals surface area (Å²) in [5, 5.41) is 9.33. The maximum Gasteiger partial charge on any atom is 0.123 e. The van der Waals surface area contributed by atoms with Crippen molar-refractivity contribution >= 4 is 0 Å². The second kappa shape index (κ2) is 8.95. The fraction of sp³-hybridized carbons (Fsp3) is 0.625. The second-order valence-corrected chi connectivity index (χ2v) is 5.02. The van der Waals surface area contributed by atoms with Crippen LogP contribution in [0.25, 0.3) is 0 Å². The smallest absolute Gasteiger partial charge is 0.123 e. The summed E-state index contributed by atoms with van der Waals surface area (Å²) in [7, 11) is 1.68. The Morgan fingerprint density at radius 1 is 1.25 bits per heavy atom. The zero-order valence-corrected chi connectivity index (χ0v) is 12.9. The summed E-state index contributed by atoms with van der Waals surface area (Å²) in [6, 6.07) is 8.10. The third-order valence-corrected chi connectivity index (χ3v) is 3.63. The molecule has 0 amide bonds. The predicted octanol–water partition coefficient (Wildman–Crippen LogP) is 2.18. The molecule has 0 saturated heterocycles. The van der Waals surface area contributed by atoms with Gasteiger partial charge in [0.2, 0.25) is 0 Å². The minimum absolute atomic E-state index is 0.0180. The van der Waals surface area contributed by atoms with Gasteiger partial charge in [-0.25, -0.2) is 0 Å². The number of aliphatic hydroxyl groups excluding tert-OH is 1. The first-order chi connectivity index (χ1) is 9.69. The second-order valence-electron chi connectivity index (χ2n) is 5.02. The topological polar surface area (TPSA) is 58.7 Å². The zero-order chi connectivity index (χ0) is 15.0. The number of hydrogen-bond donors (Lipinski definition) is 2. The van der Waals surface area contributed by atoms with E-state index in [0.29, 0.717) is 6.54 Å². The Hall–Kier alpha value is -1.10. The standard InChI is InChI=1S/C16H28N2O2/c1-4-10-18(11-12-19)16(14(17)5-2)13-8-6-7-9-15(13)20-3/h6-9,14,16,19H,4-5,10-12,17H2,1-3H3. The van der Waals surface area contributed by atoms with Crippen molar-refractivity contribution < 1.29 is 9.84 Å². The summed E-state index contributed by atoms with van der Waals surface area (Å²) >= 11 is 0. The molecule has 3 N–H and O–H groups in total. The number of rotatable bonds is 9. The highest BCUT2D eigenvalue weighted by molar-refractivity contribution is 5.36. The van der Waals surface area contributed by atoms with E-state index in [2.05, 4.69) is 24.8 Å². The van der Waals surface area contributed by atoms with Gasteiger partial charge in [0.25, 0.3) is 0 Å². The van der Waals surface area contributed by atoms with Crippen molar-refractivity contribution in [2.24, 2.45) is 5.73 Å². The molecular formula is C16H28N2O2. The molecule has 0 heterocycles. The number of nitrogens with two attached hydrogens (primary N) is 1. The molecule has 1 aromatic rings. The van der Waals surface area contributed by atoms with E-state index in [4.69, 9.17) is 10.5 Å². The van der Waals surface area contributed by atoms with Crippen molar-refractivity contribution in [2.75, 3.05) is 26.8 Å². The molecule has 2 unspecified atom stereocenters. The molecule has 0 aliphatic heterocycles. The van der Waals surface area contributed by atoms with Crippen LogP contribution in [0.5, 0.6) is 5.75 Å². The zero-order valence-electron chi connectivity index (χ0n) is 12.9. The first-order valence-corrected chi connectivity index (χ1v) is 7.42. The Labute approximate surface area is 122 Å². The fourth-order valence-corrected chi connectivity index (χ4v) is 2.64. The number of para-hydroxylation sites is 1. The van der Waals surface area contributed by atoms with Crippen molar-refractivity contribution in [1.82, 2.24) is 4.90 Å². The monoisotopic (exact) mass is 280 g/mol. The maximum absolute atomic E-state index is 9.33. The Morgan fingerprint density at radius 3 is 2.50 bits per heavy atom. The van der Waals surface area contributed by atoms with E-state index >= 15 is 0 Å². The minimum Gasteiger partial charge on any atom is -0.496 e. The van der Waals surface area contributed by atoms with E-state index in [-0.39, 0.29) is 18.7 Å². The van der Waals surface area contributed by atoms with Crippen molar-refractivity contribution in [3.63, 3.8) is 0 Å². The summed E-state index contributed by atoms with van der Waals surface area (Å²) in [6.07, 6.45) is 1.91. The molecular weight excluding hydrogens is 252 g/mol. The van der Waals surface area contributed by atoms with Gasteiger partial charge in [-0.3, -0.25) is 4.90 Å². The normalized spacial score (nSPS) is 14.3. The van der Waals surface area contributed by atoms with Gasteiger partial charge in [0.15, 0.2) is 0 Å². The lowest BCUT2D eigenvalue weighted by Gasteiger charge is -2.35. The maximum atomic E-state index is 9.33. The third kappa shape index (κ3) is 4.20. The molecule has 2 atom stereocenters. The van der Waals surface area contributed by atoms with Gasteiger partial charge >= 0.3 is 0 Å². The van der Waals surface area contributed by atoms with Crippen LogP contribution in [0.4, 0.5) is 0 Å². The number of ether oxygens (including phenoxy) is 1. The van der Waals surface area contributed by atoms with Gasteiger partial charge in [-0.1, -0.05) is 32.0 Å². The molecule has 0 aromatic heterocycles. The Morgan fingerprint density at radius 2 is 1.95 bits per heavy atom. The quantitative estimate of drug-likeness (QED) is 0.728. The molecule has 0 fully saturated rings. The van der Waals surface area contributed by atoms with Crippen LogP contribution in [0.1, 0.15) is 38.3 Å². The first kappa shape index (κ1) is 17.0. The summed E-state index contributed by atoms with van der Waals surface area (Å²) in [5.74, 6) is 0.862. The van der Waals surface area contributed by atoms with Gasteiger partial charge in [0.1, 0.15) is 5.75 Å². The van der Waals surface area contributed by atoms with Crippen molar-refractivity contribution in [2.45, 2.75) is 38.8 Å². The molecule has 0 saturated carbocycles. The van der Waals surface area contributed by atoms with E-state index in [0.717, 1.165) is 30.7 Å². The summed E-state index contributed by atoms with van der Waals surface area (Å²) in [5.41, 5.74) is 7.46. The van der Waals surface area contributed by atoms with Crippen LogP contribution in [0.15, 0.2) is 24.3 Å². The SMILES string of the molecule is CCCN(CCO)C(c1ccccc1OC)C(N)CC. The molecule has 4 heteroatoms. The lowest BCUT2D eigenvalue weighted by Crippen LogP contribution is -2.42. The first-order valence-electron chi connectivity index (χ1n) is 7.42. The number of aliphatic hydroxyl groups is 1. The number of nitrogens with zero attached hydrogens (tertiary/aromatic N) is 1. The lowest BCUT2D eigenvalue weighted by molar-refractivity contribution is 0.130. The predicted molar refractivity (Wildman–Crippen MR) is 83.0 cm³/mol. The minimum atomic E-state index is 0.0180. The van der Waals surface area contributed by atoms with Crippen molar-refractivity contribution in [3.05, 3.63) is 29.8 Å². The fourth-order valence-electron chi connectivity index (χ4n) is 2.64. The number of benzene rings is 1. The van der Waals surface area contributed by atoms with Crippen LogP contribution < -0.4 is 10.5 Å². The summed E-state index contributed by atoms with van der Waals surface area (Å²) < 4.78 is 5.48. The molecule has 1 rings (SSSR count). The Kier molecular flexibility index (Phi) is 7.59. The molecule has 4 nitrogen and oxygen atoms in total. The Balaban J connectivity index is 3.15. The van der Waals surface area contributed by atoms with Gasteiger partial charge in [0.05, 0.1) is 19.8 Å². The van der Waals surface area contributed by atoms with Gasteiger partial charge in [-0.2, -0.15) is 0 Å². The highest BCUT2D eigenvalue weighted by Crippen LogP contribution is 2.32. The van der Waals surface area contributed by atoms with E-state index in [1.165, 1.54) is 0 Å². The summed E-state index contributed by atoms with van der Waals surface area (Å²) in [6.45, 7) is 5.92. The van der Waals surface area contributed by atoms with Crippen molar-refractivity contribution in [1.29, 1.82) is 0 Å². The molecule has 0 bridgehead atoms. The van der Waals surface area contributed by atoms with E-state index < -0.39 is 0 Å². The highest BCUT2D eigenvalue weighted by atomic mass is 16.5. The van der Waals surface area contributed by atoms with E-state index in [9.17, 15) is 5.11 Å². The average molecular weight is 280 g/mol. The molecule has 0 spiro atoms. The van der Waals surface area contributed by atoms with Gasteiger partial charge in [0, 0.05) is 18.2 Å². The largest absolute Gasteiger partial charge is 0.496 e. The number of methoxy groups -OCH3 is 1. The van der Waals surface area contributed by atoms with Crippen LogP contribution in [-0.4, -0.2) is 42.9 Å². The van der Waals surface area contributed by atoms with Gasteiger partial charge in [-0.05, 0) is 25.5 Å². The Bertz CT molecular complexity index is 378. The number of hydrogen-bond acceptors (Lipinski definition) is 4. The molecule has 0 aliphatic carbocycles. The van der Waals surface area contributed by atoms with Crippen LogP contribution in [0.3, 0.4) is 0 Å². The lowest BCUT2D eigenvalue weighted by atomic mass is 9.95. The van der Waals surface area contributed by atoms with Crippen LogP contribution in [0, 0.1) is 0 Å². The highest BCUT2D eigenvalue weighted by Gasteiger charge is 2.27. The van der Waals surface area contributed by atoms with Gasteiger partial charge in [-0.15, -0.1) is 0 Å². The van der Waals surface area contributed by atoms with Crippen molar-refractivity contribution in [3.8, 4) is 5.75 Å². The molecule has 114 valence electrons. The molecule has 1 aromatic carbocycles. The van der Waals surface area contributed by atoms with Crippen LogP contribution in [0.2, 0.25) is 0 Å². The van der Waals surface area contributed by atoms with E-state index in [1.807, 2.05) is 18.2 Å². The molecule has 0 aliphatic rings. The third-order valence-electron chi connectivity index (χ3n) is 3.63. The van der Waals surface area contributed by atoms with Crippen LogP contribution >= 0.6 is 0 Å². The van der Waals surface area contributed by atoms with Gasteiger partial charge < -0.3 is 15.6 Å². The van der Waals surface area contributed by atoms with Crippen LogP contribution in [-0.2, 0) is 0 Å². The summed E-state index contributed by atoms with van der Waals surface area (Å²) in [4.78, 5) is 2.26. The average Bonchev–Trinajstić information content (AvgIpc) is 2.48. The molecule has 20 heavy (non-hydrogen) atoms. The molecule has 0 radical (unpaired) electrons. The van der Waals surface area contributed by atoms with E-state index in [1.54, 1.807) is 7.11 Å².